The highest BCUT2D eigenvalue weighted by Gasteiger charge is 2.13. The standard InChI is InChI=1S/C14H12BrCl2NO/c15-10-3-1-9(2-4-10)14(8-18)19-13-7-11(16)5-6-12(13)17/h1-7,14H,8,18H2. The summed E-state index contributed by atoms with van der Waals surface area (Å²) in [5, 5.41) is 1.09. The van der Waals surface area contributed by atoms with Gasteiger partial charge in [0.25, 0.3) is 0 Å². The number of benzene rings is 2. The van der Waals surface area contributed by atoms with Crippen molar-refractivity contribution in [2.75, 3.05) is 6.54 Å². The third-order valence-corrected chi connectivity index (χ3v) is 3.69. The maximum absolute atomic E-state index is 6.08. The van der Waals surface area contributed by atoms with E-state index in [0.29, 0.717) is 22.3 Å². The second kappa shape index (κ2) is 6.62. The molecule has 2 aromatic carbocycles. The average molecular weight is 361 g/mol. The number of hydrogen-bond acceptors (Lipinski definition) is 2. The van der Waals surface area contributed by atoms with Crippen molar-refractivity contribution < 1.29 is 4.74 Å². The van der Waals surface area contributed by atoms with Crippen molar-refractivity contribution in [3.05, 3.63) is 62.5 Å². The predicted molar refractivity (Wildman–Crippen MR) is 83.0 cm³/mol. The lowest BCUT2D eigenvalue weighted by Crippen LogP contribution is -2.18. The van der Waals surface area contributed by atoms with Gasteiger partial charge in [0.1, 0.15) is 11.9 Å². The number of nitrogens with two attached hydrogens (primary N) is 1. The van der Waals surface area contributed by atoms with Gasteiger partial charge in [-0.15, -0.1) is 0 Å². The molecule has 5 heteroatoms. The summed E-state index contributed by atoms with van der Waals surface area (Å²) in [6, 6.07) is 12.9. The zero-order chi connectivity index (χ0) is 13.8. The topological polar surface area (TPSA) is 35.2 Å². The van der Waals surface area contributed by atoms with Gasteiger partial charge < -0.3 is 10.5 Å². The molecular weight excluding hydrogens is 349 g/mol. The first-order valence-corrected chi connectivity index (χ1v) is 7.22. The van der Waals surface area contributed by atoms with Crippen LogP contribution in [0.25, 0.3) is 0 Å². The molecule has 2 nitrogen and oxygen atoms in total. The molecule has 19 heavy (non-hydrogen) atoms. The lowest BCUT2D eigenvalue weighted by Gasteiger charge is -2.19. The van der Waals surface area contributed by atoms with E-state index in [0.717, 1.165) is 10.0 Å². The third kappa shape index (κ3) is 3.86. The Balaban J connectivity index is 2.23. The van der Waals surface area contributed by atoms with Gasteiger partial charge in [-0.1, -0.05) is 51.3 Å². The second-order valence-electron chi connectivity index (χ2n) is 3.97. The first kappa shape index (κ1) is 14.7. The molecule has 2 rings (SSSR count). The van der Waals surface area contributed by atoms with E-state index >= 15 is 0 Å². The first-order valence-electron chi connectivity index (χ1n) is 5.67. The van der Waals surface area contributed by atoms with E-state index in [2.05, 4.69) is 15.9 Å². The van der Waals surface area contributed by atoms with Gasteiger partial charge in [-0.05, 0) is 29.8 Å². The SMILES string of the molecule is NCC(Oc1cc(Cl)ccc1Cl)c1ccc(Br)cc1. The van der Waals surface area contributed by atoms with Crippen molar-refractivity contribution in [3.8, 4) is 5.75 Å². The summed E-state index contributed by atoms with van der Waals surface area (Å²) >= 11 is 15.4. The van der Waals surface area contributed by atoms with Gasteiger partial charge in [0, 0.05) is 22.1 Å². The van der Waals surface area contributed by atoms with Gasteiger partial charge in [0.05, 0.1) is 5.02 Å². The van der Waals surface area contributed by atoms with Crippen LogP contribution in [-0.2, 0) is 0 Å². The predicted octanol–water partition coefficient (Wildman–Crippen LogP) is 4.83. The summed E-state index contributed by atoms with van der Waals surface area (Å²) in [6.07, 6.45) is -0.260. The molecule has 0 saturated carbocycles. The fourth-order valence-corrected chi connectivity index (χ4v) is 2.24. The first-order chi connectivity index (χ1) is 9.10. The molecule has 1 atom stereocenters. The Morgan fingerprint density at radius 2 is 1.79 bits per heavy atom. The van der Waals surface area contributed by atoms with Crippen LogP contribution in [0.1, 0.15) is 11.7 Å². The van der Waals surface area contributed by atoms with E-state index in [-0.39, 0.29) is 6.10 Å². The van der Waals surface area contributed by atoms with Crippen LogP contribution in [0.3, 0.4) is 0 Å². The lowest BCUT2D eigenvalue weighted by molar-refractivity contribution is 0.214. The van der Waals surface area contributed by atoms with Gasteiger partial charge in [-0.2, -0.15) is 0 Å². The van der Waals surface area contributed by atoms with Crippen LogP contribution in [0, 0.1) is 0 Å². The van der Waals surface area contributed by atoms with Crippen molar-refractivity contribution in [2.45, 2.75) is 6.10 Å². The molecule has 100 valence electrons. The van der Waals surface area contributed by atoms with Crippen LogP contribution in [0.15, 0.2) is 46.9 Å². The Kier molecular flexibility index (Phi) is 5.11. The van der Waals surface area contributed by atoms with Crippen LogP contribution in [0.5, 0.6) is 5.75 Å². The molecule has 0 bridgehead atoms. The molecule has 0 aromatic heterocycles. The zero-order valence-electron chi connectivity index (χ0n) is 9.95. The van der Waals surface area contributed by atoms with Crippen molar-refractivity contribution in [1.29, 1.82) is 0 Å². The summed E-state index contributed by atoms with van der Waals surface area (Å²) in [6.45, 7) is 0.352. The number of halogens is 3. The summed E-state index contributed by atoms with van der Waals surface area (Å²) in [4.78, 5) is 0. The fourth-order valence-electron chi connectivity index (χ4n) is 1.65. The van der Waals surface area contributed by atoms with Gasteiger partial charge in [0.15, 0.2) is 0 Å². The molecular formula is C14H12BrCl2NO. The minimum atomic E-state index is -0.260. The molecule has 0 heterocycles. The van der Waals surface area contributed by atoms with Gasteiger partial charge >= 0.3 is 0 Å². The highest BCUT2D eigenvalue weighted by Crippen LogP contribution is 2.31. The average Bonchev–Trinajstić information content (AvgIpc) is 2.41. The smallest absolute Gasteiger partial charge is 0.140 e. The molecule has 0 amide bonds. The van der Waals surface area contributed by atoms with E-state index in [1.807, 2.05) is 24.3 Å². The van der Waals surface area contributed by atoms with Gasteiger partial charge in [0.2, 0.25) is 0 Å². The van der Waals surface area contributed by atoms with E-state index in [1.54, 1.807) is 18.2 Å². The summed E-state index contributed by atoms with van der Waals surface area (Å²) in [5.74, 6) is 0.535. The maximum Gasteiger partial charge on any atom is 0.140 e. The normalized spacial score (nSPS) is 12.2. The van der Waals surface area contributed by atoms with Gasteiger partial charge in [-0.3, -0.25) is 0 Å². The number of hydrogen-bond donors (Lipinski definition) is 1. The summed E-state index contributed by atoms with van der Waals surface area (Å²) in [5.41, 5.74) is 6.75. The van der Waals surface area contributed by atoms with Crippen molar-refractivity contribution >= 4 is 39.1 Å². The third-order valence-electron chi connectivity index (χ3n) is 2.62. The quantitative estimate of drug-likeness (QED) is 0.846. The van der Waals surface area contributed by atoms with E-state index in [1.165, 1.54) is 0 Å². The van der Waals surface area contributed by atoms with Gasteiger partial charge in [-0.25, -0.2) is 0 Å². The minimum Gasteiger partial charge on any atom is -0.483 e. The number of ether oxygens (including phenoxy) is 1. The molecule has 0 aliphatic rings. The molecule has 0 radical (unpaired) electrons. The molecule has 2 N–H and O–H groups in total. The Bertz CT molecular complexity index is 560. The minimum absolute atomic E-state index is 0.260. The van der Waals surface area contributed by atoms with Crippen molar-refractivity contribution in [2.24, 2.45) is 5.73 Å². The Morgan fingerprint density at radius 1 is 1.11 bits per heavy atom. The van der Waals surface area contributed by atoms with Crippen LogP contribution >= 0.6 is 39.1 Å². The fraction of sp³-hybridized carbons (Fsp3) is 0.143. The Labute approximate surface area is 130 Å². The lowest BCUT2D eigenvalue weighted by atomic mass is 10.1. The monoisotopic (exact) mass is 359 g/mol. The Hall–Kier alpha value is -0.740. The van der Waals surface area contributed by atoms with Crippen molar-refractivity contribution in [3.63, 3.8) is 0 Å². The van der Waals surface area contributed by atoms with E-state index < -0.39 is 0 Å². The van der Waals surface area contributed by atoms with Crippen LogP contribution in [0.4, 0.5) is 0 Å². The van der Waals surface area contributed by atoms with Crippen molar-refractivity contribution in [1.82, 2.24) is 0 Å². The summed E-state index contributed by atoms with van der Waals surface area (Å²) in [7, 11) is 0. The molecule has 2 aromatic rings. The van der Waals surface area contributed by atoms with E-state index in [9.17, 15) is 0 Å². The molecule has 0 aliphatic heterocycles. The molecule has 0 saturated heterocycles. The zero-order valence-corrected chi connectivity index (χ0v) is 13.0. The number of rotatable bonds is 4. The molecule has 0 aliphatic carbocycles. The van der Waals surface area contributed by atoms with Crippen LogP contribution in [0.2, 0.25) is 10.0 Å². The molecule has 0 spiro atoms. The largest absolute Gasteiger partial charge is 0.483 e. The highest BCUT2D eigenvalue weighted by atomic mass is 79.9. The second-order valence-corrected chi connectivity index (χ2v) is 5.73. The summed E-state index contributed by atoms with van der Waals surface area (Å²) < 4.78 is 6.85. The molecule has 1 unspecified atom stereocenters. The highest BCUT2D eigenvalue weighted by molar-refractivity contribution is 9.10. The Morgan fingerprint density at radius 3 is 2.42 bits per heavy atom. The molecule has 0 fully saturated rings. The van der Waals surface area contributed by atoms with Crippen LogP contribution in [-0.4, -0.2) is 6.54 Å². The van der Waals surface area contributed by atoms with E-state index in [4.69, 9.17) is 33.7 Å². The maximum atomic E-state index is 6.08. The van der Waals surface area contributed by atoms with Crippen LogP contribution < -0.4 is 10.5 Å².